The fourth-order valence-electron chi connectivity index (χ4n) is 2.15. The van der Waals surface area contributed by atoms with Crippen LogP contribution in [0.3, 0.4) is 0 Å². The van der Waals surface area contributed by atoms with Crippen molar-refractivity contribution in [2.24, 2.45) is 0 Å². The normalized spacial score (nSPS) is 17.6. The Bertz CT molecular complexity index is 565. The molecule has 0 aliphatic carbocycles. The van der Waals surface area contributed by atoms with Crippen LogP contribution in [0.25, 0.3) is 0 Å². The molecule has 2 rings (SSSR count). The van der Waals surface area contributed by atoms with Crippen LogP contribution in [-0.4, -0.2) is 39.9 Å². The van der Waals surface area contributed by atoms with Gasteiger partial charge in [-0.1, -0.05) is 23.2 Å². The van der Waals surface area contributed by atoms with Gasteiger partial charge in [-0.05, 0) is 31.2 Å². The lowest BCUT2D eigenvalue weighted by Crippen LogP contribution is -2.44. The van der Waals surface area contributed by atoms with Gasteiger partial charge in [-0.15, -0.1) is 11.8 Å². The van der Waals surface area contributed by atoms with Crippen molar-refractivity contribution in [2.75, 3.05) is 19.3 Å². The Labute approximate surface area is 132 Å². The van der Waals surface area contributed by atoms with Crippen molar-refractivity contribution >= 4 is 40.9 Å². The van der Waals surface area contributed by atoms with Crippen molar-refractivity contribution < 1.29 is 4.79 Å². The minimum Gasteiger partial charge on any atom is -0.337 e. The Kier molecular flexibility index (Phi) is 4.79. The van der Waals surface area contributed by atoms with E-state index in [0.717, 1.165) is 0 Å². The number of likely N-dealkylation sites (tertiary alicyclic amines) is 1. The van der Waals surface area contributed by atoms with E-state index >= 15 is 0 Å². The minimum atomic E-state index is -0.387. The molecule has 2 heterocycles. The van der Waals surface area contributed by atoms with Crippen molar-refractivity contribution in [2.45, 2.75) is 17.6 Å². The average molecular weight is 330 g/mol. The Hall–Kier alpha value is -0.960. The molecule has 1 aromatic heterocycles. The summed E-state index contributed by atoms with van der Waals surface area (Å²) >= 11 is 13.3. The summed E-state index contributed by atoms with van der Waals surface area (Å²) in [5.74, 6) is -0.231. The summed E-state index contributed by atoms with van der Waals surface area (Å²) in [6.07, 6.45) is 3.22. The summed E-state index contributed by atoms with van der Waals surface area (Å²) in [4.78, 5) is 18.1. The van der Waals surface area contributed by atoms with Crippen molar-refractivity contribution in [1.82, 2.24) is 9.88 Å². The second-order valence-electron chi connectivity index (χ2n) is 4.57. The number of amides is 1. The summed E-state index contributed by atoms with van der Waals surface area (Å²) in [7, 11) is 0. The lowest BCUT2D eigenvalue weighted by atomic mass is 9.97. The molecule has 0 N–H and O–H groups in total. The number of thioether (sulfide) groups is 1. The van der Waals surface area contributed by atoms with Gasteiger partial charge >= 0.3 is 0 Å². The van der Waals surface area contributed by atoms with Gasteiger partial charge in [0.2, 0.25) is 0 Å². The maximum atomic E-state index is 12.4. The van der Waals surface area contributed by atoms with Crippen molar-refractivity contribution in [1.29, 1.82) is 5.26 Å². The Morgan fingerprint density at radius 3 is 2.65 bits per heavy atom. The molecule has 4 nitrogen and oxygen atoms in total. The van der Waals surface area contributed by atoms with E-state index in [-0.39, 0.29) is 21.5 Å². The largest absolute Gasteiger partial charge is 0.337 e. The summed E-state index contributed by atoms with van der Waals surface area (Å²) in [5.41, 5.74) is 0.174. The fraction of sp³-hybridized carbons (Fsp3) is 0.462. The molecule has 1 fully saturated rings. The van der Waals surface area contributed by atoms with Gasteiger partial charge in [-0.3, -0.25) is 4.79 Å². The SMILES string of the molecule is CSC1(C#N)CCN(C(=O)c2nc(Cl)ccc2Cl)CC1. The number of rotatable bonds is 2. The molecule has 0 radical (unpaired) electrons. The number of pyridine rings is 1. The molecule has 1 amide bonds. The van der Waals surface area contributed by atoms with Crippen molar-refractivity contribution in [3.63, 3.8) is 0 Å². The van der Waals surface area contributed by atoms with Crippen LogP contribution in [-0.2, 0) is 0 Å². The number of carbonyl (C=O) groups is 1. The molecule has 0 spiro atoms. The highest BCUT2D eigenvalue weighted by atomic mass is 35.5. The van der Waals surface area contributed by atoms with Crippen LogP contribution in [0.2, 0.25) is 10.2 Å². The maximum absolute atomic E-state index is 12.4. The lowest BCUT2D eigenvalue weighted by Gasteiger charge is -2.36. The van der Waals surface area contributed by atoms with E-state index in [4.69, 9.17) is 23.2 Å². The standard InChI is InChI=1S/C13H13Cl2N3OS/c1-20-13(8-16)4-6-18(7-5-13)12(19)11-9(14)2-3-10(15)17-11/h2-3H,4-7H2,1H3. The molecule has 1 aromatic rings. The van der Waals surface area contributed by atoms with Gasteiger partial charge in [0.1, 0.15) is 15.6 Å². The molecule has 0 atom stereocenters. The van der Waals surface area contributed by atoms with E-state index in [0.29, 0.717) is 31.0 Å². The molecular weight excluding hydrogens is 317 g/mol. The number of nitriles is 1. The van der Waals surface area contributed by atoms with Gasteiger partial charge in [-0.2, -0.15) is 5.26 Å². The highest BCUT2D eigenvalue weighted by Crippen LogP contribution is 2.34. The molecule has 0 saturated carbocycles. The molecule has 1 aliphatic heterocycles. The van der Waals surface area contributed by atoms with Crippen LogP contribution in [0.5, 0.6) is 0 Å². The molecule has 106 valence electrons. The van der Waals surface area contributed by atoms with Gasteiger partial charge in [0.15, 0.2) is 0 Å². The zero-order chi connectivity index (χ0) is 14.8. The predicted molar refractivity (Wildman–Crippen MR) is 81.3 cm³/mol. The maximum Gasteiger partial charge on any atom is 0.274 e. The molecule has 20 heavy (non-hydrogen) atoms. The number of hydrogen-bond donors (Lipinski definition) is 0. The second kappa shape index (κ2) is 6.21. The number of halogens is 2. The molecule has 0 aromatic carbocycles. The minimum absolute atomic E-state index is 0.174. The lowest BCUT2D eigenvalue weighted by molar-refractivity contribution is 0.0711. The number of piperidine rings is 1. The van der Waals surface area contributed by atoms with Gasteiger partial charge in [0, 0.05) is 13.1 Å². The zero-order valence-electron chi connectivity index (χ0n) is 10.9. The first kappa shape index (κ1) is 15.4. The fourth-order valence-corrected chi connectivity index (χ4v) is 3.17. The van der Waals surface area contributed by atoms with E-state index in [1.165, 1.54) is 0 Å². The van der Waals surface area contributed by atoms with E-state index in [1.807, 2.05) is 6.26 Å². The van der Waals surface area contributed by atoms with Crippen LogP contribution in [0, 0.1) is 11.3 Å². The predicted octanol–water partition coefficient (Wildman–Crippen LogP) is 3.25. The molecule has 0 bridgehead atoms. The molecular formula is C13H13Cl2N3OS. The van der Waals surface area contributed by atoms with Crippen LogP contribution < -0.4 is 0 Å². The van der Waals surface area contributed by atoms with Gasteiger partial charge < -0.3 is 4.90 Å². The number of hydrogen-bond acceptors (Lipinski definition) is 4. The summed E-state index contributed by atoms with van der Waals surface area (Å²) in [6.45, 7) is 1.05. The second-order valence-corrected chi connectivity index (χ2v) is 6.55. The zero-order valence-corrected chi connectivity index (χ0v) is 13.2. The van der Waals surface area contributed by atoms with Crippen LogP contribution in [0.1, 0.15) is 23.3 Å². The summed E-state index contributed by atoms with van der Waals surface area (Å²) in [5, 5.41) is 9.77. The monoisotopic (exact) mass is 329 g/mol. The van der Waals surface area contributed by atoms with Gasteiger partial charge in [-0.25, -0.2) is 4.98 Å². The first-order chi connectivity index (χ1) is 9.51. The van der Waals surface area contributed by atoms with E-state index in [2.05, 4.69) is 11.1 Å². The van der Waals surface area contributed by atoms with E-state index < -0.39 is 0 Å². The Balaban J connectivity index is 2.13. The first-order valence-electron chi connectivity index (χ1n) is 6.09. The van der Waals surface area contributed by atoms with Crippen LogP contribution in [0.15, 0.2) is 12.1 Å². The highest BCUT2D eigenvalue weighted by Gasteiger charge is 2.36. The molecule has 0 unspecified atom stereocenters. The average Bonchev–Trinajstić information content (AvgIpc) is 2.49. The molecule has 7 heteroatoms. The number of nitrogens with zero attached hydrogens (tertiary/aromatic N) is 3. The molecule has 1 aliphatic rings. The van der Waals surface area contributed by atoms with Crippen molar-refractivity contribution in [3.05, 3.63) is 28.0 Å². The quantitative estimate of drug-likeness (QED) is 0.781. The third kappa shape index (κ3) is 3.03. The summed E-state index contributed by atoms with van der Waals surface area (Å²) in [6, 6.07) is 5.46. The van der Waals surface area contributed by atoms with Crippen LogP contribution >= 0.6 is 35.0 Å². The number of aromatic nitrogens is 1. The van der Waals surface area contributed by atoms with Crippen molar-refractivity contribution in [3.8, 4) is 6.07 Å². The third-order valence-corrected chi connectivity index (χ3v) is 5.26. The Morgan fingerprint density at radius 1 is 1.45 bits per heavy atom. The topological polar surface area (TPSA) is 57.0 Å². The smallest absolute Gasteiger partial charge is 0.274 e. The molecule has 1 saturated heterocycles. The highest BCUT2D eigenvalue weighted by molar-refractivity contribution is 8.00. The number of carbonyl (C=O) groups excluding carboxylic acids is 1. The van der Waals surface area contributed by atoms with Gasteiger partial charge in [0.05, 0.1) is 11.1 Å². The van der Waals surface area contributed by atoms with Gasteiger partial charge in [0.25, 0.3) is 5.91 Å². The third-order valence-electron chi connectivity index (χ3n) is 3.47. The Morgan fingerprint density at radius 2 is 2.10 bits per heavy atom. The summed E-state index contributed by atoms with van der Waals surface area (Å²) < 4.78 is -0.387. The van der Waals surface area contributed by atoms with Crippen LogP contribution in [0.4, 0.5) is 0 Å². The first-order valence-corrected chi connectivity index (χ1v) is 8.07. The van der Waals surface area contributed by atoms with E-state index in [9.17, 15) is 10.1 Å². The van der Waals surface area contributed by atoms with E-state index in [1.54, 1.807) is 28.8 Å².